The van der Waals surface area contributed by atoms with E-state index in [0.29, 0.717) is 11.3 Å². The molecule has 1 heterocycles. The van der Waals surface area contributed by atoms with Crippen molar-refractivity contribution in [2.45, 2.75) is 12.6 Å². The second kappa shape index (κ2) is 10.3. The lowest BCUT2D eigenvalue weighted by Gasteiger charge is -2.12. The topological polar surface area (TPSA) is 108 Å². The van der Waals surface area contributed by atoms with E-state index in [1.54, 1.807) is 0 Å². The summed E-state index contributed by atoms with van der Waals surface area (Å²) in [6, 6.07) is 11.3. The summed E-state index contributed by atoms with van der Waals surface area (Å²) in [5.74, 6) is -0.957. The van der Waals surface area contributed by atoms with Crippen LogP contribution in [0.3, 0.4) is 0 Å². The maximum atomic E-state index is 12.7. The Hall–Kier alpha value is -3.31. The minimum Gasteiger partial charge on any atom is -0.506 e. The predicted octanol–water partition coefficient (Wildman–Crippen LogP) is 5.10. The molecule has 0 aliphatic heterocycles. The average molecular weight is 514 g/mol. The number of rotatable bonds is 8. The minimum atomic E-state index is -4.44. The molecule has 0 saturated heterocycles. The Kier molecular flexibility index (Phi) is 7.68. The molecule has 180 valence electrons. The quantitative estimate of drug-likeness (QED) is 0.221. The summed E-state index contributed by atoms with van der Waals surface area (Å²) in [6.07, 6.45) is -2.95. The number of phenolic OH excluding ortho intramolecular Hbond substituents is 1. The zero-order valence-corrected chi connectivity index (χ0v) is 19.0. The Bertz CT molecular complexity index is 1270. The summed E-state index contributed by atoms with van der Waals surface area (Å²) in [7, 11) is -3.74. The lowest BCUT2D eigenvalue weighted by Crippen LogP contribution is -2.17. The van der Waals surface area contributed by atoms with Gasteiger partial charge in [-0.1, -0.05) is 12.1 Å². The molecule has 3 aromatic rings. The molecule has 1 amide bonds. The van der Waals surface area contributed by atoms with E-state index in [-0.39, 0.29) is 40.7 Å². The molecule has 3 rings (SSSR count). The predicted molar refractivity (Wildman–Crippen MR) is 123 cm³/mol. The molecule has 3 N–H and O–H groups in total. The zero-order valence-electron chi connectivity index (χ0n) is 17.4. The van der Waals surface area contributed by atoms with Crippen molar-refractivity contribution in [1.29, 1.82) is 0 Å². The number of anilines is 2. The number of pyridine rings is 1. The number of hydrogen-bond donors (Lipinski definition) is 3. The van der Waals surface area contributed by atoms with Crippen molar-refractivity contribution in [3.05, 3.63) is 71.9 Å². The molecule has 7 nitrogen and oxygen atoms in total. The molecule has 2 aromatic carbocycles. The Morgan fingerprint density at radius 2 is 1.76 bits per heavy atom. The van der Waals surface area contributed by atoms with Crippen LogP contribution < -0.4 is 10.0 Å². The molecule has 0 fully saturated rings. The van der Waals surface area contributed by atoms with Crippen LogP contribution in [-0.4, -0.2) is 36.0 Å². The number of aromatic hydroxyl groups is 1. The Balaban J connectivity index is 1.71. The van der Waals surface area contributed by atoms with Gasteiger partial charge in [0.05, 0.1) is 28.3 Å². The number of hydrogen-bond acceptors (Lipinski definition) is 5. The summed E-state index contributed by atoms with van der Waals surface area (Å²) in [5, 5.41) is 12.5. The summed E-state index contributed by atoms with van der Waals surface area (Å²) >= 11 is 5.51. The van der Waals surface area contributed by atoms with Gasteiger partial charge in [0.2, 0.25) is 10.0 Å². The average Bonchev–Trinajstić information content (AvgIpc) is 2.79. The molecule has 0 saturated carbocycles. The maximum Gasteiger partial charge on any atom is 0.416 e. The van der Waals surface area contributed by atoms with Crippen LogP contribution in [0.15, 0.2) is 60.8 Å². The molecule has 0 spiro atoms. The summed E-state index contributed by atoms with van der Waals surface area (Å²) in [4.78, 5) is 16.7. The van der Waals surface area contributed by atoms with Gasteiger partial charge < -0.3 is 10.4 Å². The lowest BCUT2D eigenvalue weighted by molar-refractivity contribution is -0.137. The standard InChI is InChI=1S/C22H19ClF3N3O4S/c23-10-1-11-34(32,33)29-19-12-17(7-9-20(19)30)28-21(31)15-4-8-18(27-13-15)14-2-5-16(6-3-14)22(24,25)26/h2-9,12-13,29-30H,1,10-11H2,(H,28,31). The van der Waals surface area contributed by atoms with E-state index in [1.165, 1.54) is 48.7 Å². The zero-order chi connectivity index (χ0) is 24.9. The number of sulfonamides is 1. The van der Waals surface area contributed by atoms with Crippen LogP contribution in [0.1, 0.15) is 22.3 Å². The van der Waals surface area contributed by atoms with Crippen molar-refractivity contribution < 1.29 is 31.5 Å². The number of carbonyl (C=O) groups is 1. The third-order valence-corrected chi connectivity index (χ3v) is 6.22. The van der Waals surface area contributed by atoms with Gasteiger partial charge in [0.25, 0.3) is 5.91 Å². The Labute approximate surface area is 198 Å². The first kappa shape index (κ1) is 25.3. The van der Waals surface area contributed by atoms with Crippen LogP contribution in [0.25, 0.3) is 11.3 Å². The van der Waals surface area contributed by atoms with E-state index < -0.39 is 27.7 Å². The third kappa shape index (κ3) is 6.61. The van der Waals surface area contributed by atoms with Crippen LogP contribution >= 0.6 is 11.6 Å². The fourth-order valence-electron chi connectivity index (χ4n) is 2.89. The van der Waals surface area contributed by atoms with Gasteiger partial charge >= 0.3 is 6.18 Å². The first-order chi connectivity index (χ1) is 16.0. The normalized spacial score (nSPS) is 11.8. The molecule has 12 heteroatoms. The van der Waals surface area contributed by atoms with E-state index in [0.717, 1.165) is 12.1 Å². The largest absolute Gasteiger partial charge is 0.506 e. The number of amides is 1. The first-order valence-corrected chi connectivity index (χ1v) is 12.0. The van der Waals surface area contributed by atoms with Crippen LogP contribution in [0.5, 0.6) is 5.75 Å². The second-order valence-corrected chi connectivity index (χ2v) is 9.38. The van der Waals surface area contributed by atoms with Crippen molar-refractivity contribution in [3.8, 4) is 17.0 Å². The second-order valence-electron chi connectivity index (χ2n) is 7.16. The number of aromatic nitrogens is 1. The molecular weight excluding hydrogens is 495 g/mol. The number of carbonyl (C=O) groups excluding carboxylic acids is 1. The molecule has 0 aliphatic rings. The van der Waals surface area contributed by atoms with Crippen LogP contribution in [0.4, 0.5) is 24.5 Å². The van der Waals surface area contributed by atoms with Crippen LogP contribution in [-0.2, 0) is 16.2 Å². The van der Waals surface area contributed by atoms with E-state index in [4.69, 9.17) is 11.6 Å². The number of nitrogens with zero attached hydrogens (tertiary/aromatic N) is 1. The maximum absolute atomic E-state index is 12.7. The van der Waals surface area contributed by atoms with E-state index in [2.05, 4.69) is 15.0 Å². The summed E-state index contributed by atoms with van der Waals surface area (Å²) < 4.78 is 64.5. The van der Waals surface area contributed by atoms with Crippen molar-refractivity contribution in [1.82, 2.24) is 4.98 Å². The van der Waals surface area contributed by atoms with Gasteiger partial charge in [-0.15, -0.1) is 11.6 Å². The van der Waals surface area contributed by atoms with Gasteiger partial charge in [0, 0.05) is 23.3 Å². The van der Waals surface area contributed by atoms with Crippen molar-refractivity contribution in [2.24, 2.45) is 0 Å². The highest BCUT2D eigenvalue weighted by atomic mass is 35.5. The van der Waals surface area contributed by atoms with Crippen molar-refractivity contribution in [3.63, 3.8) is 0 Å². The molecule has 34 heavy (non-hydrogen) atoms. The monoisotopic (exact) mass is 513 g/mol. The molecule has 0 bridgehead atoms. The molecule has 0 unspecified atom stereocenters. The van der Waals surface area contributed by atoms with Gasteiger partial charge in [-0.25, -0.2) is 8.42 Å². The SMILES string of the molecule is O=C(Nc1ccc(O)c(NS(=O)(=O)CCCCl)c1)c1ccc(-c2ccc(C(F)(F)F)cc2)nc1. The molecule has 1 aromatic heterocycles. The molecule has 0 atom stereocenters. The fourth-order valence-corrected chi connectivity index (χ4v) is 4.31. The van der Waals surface area contributed by atoms with Gasteiger partial charge in [-0.3, -0.25) is 14.5 Å². The summed E-state index contributed by atoms with van der Waals surface area (Å²) in [5.41, 5.74) is 0.316. The Morgan fingerprint density at radius 1 is 1.06 bits per heavy atom. The minimum absolute atomic E-state index is 0.108. The van der Waals surface area contributed by atoms with E-state index in [9.17, 15) is 31.5 Å². The van der Waals surface area contributed by atoms with Gasteiger partial charge in [0.15, 0.2) is 0 Å². The van der Waals surface area contributed by atoms with Gasteiger partial charge in [-0.05, 0) is 48.9 Å². The lowest BCUT2D eigenvalue weighted by atomic mass is 10.1. The number of alkyl halides is 4. The van der Waals surface area contributed by atoms with Crippen molar-refractivity contribution in [2.75, 3.05) is 21.7 Å². The number of halogens is 4. The van der Waals surface area contributed by atoms with Gasteiger partial charge in [0.1, 0.15) is 5.75 Å². The Morgan fingerprint density at radius 3 is 2.35 bits per heavy atom. The number of phenols is 1. The highest BCUT2D eigenvalue weighted by Crippen LogP contribution is 2.31. The number of benzene rings is 2. The molecular formula is C22H19ClF3N3O4S. The smallest absolute Gasteiger partial charge is 0.416 e. The third-order valence-electron chi connectivity index (χ3n) is 4.60. The number of nitrogens with one attached hydrogen (secondary N) is 2. The highest BCUT2D eigenvalue weighted by molar-refractivity contribution is 7.92. The molecule has 0 radical (unpaired) electrons. The van der Waals surface area contributed by atoms with Crippen LogP contribution in [0.2, 0.25) is 0 Å². The molecule has 0 aliphatic carbocycles. The van der Waals surface area contributed by atoms with E-state index in [1.807, 2.05) is 0 Å². The van der Waals surface area contributed by atoms with E-state index >= 15 is 0 Å². The van der Waals surface area contributed by atoms with Gasteiger partial charge in [-0.2, -0.15) is 13.2 Å². The first-order valence-electron chi connectivity index (χ1n) is 9.83. The van der Waals surface area contributed by atoms with Crippen LogP contribution in [0, 0.1) is 0 Å². The summed E-state index contributed by atoms with van der Waals surface area (Å²) in [6.45, 7) is 0. The van der Waals surface area contributed by atoms with Crippen molar-refractivity contribution >= 4 is 38.9 Å². The fraction of sp³-hybridized carbons (Fsp3) is 0.182. The highest BCUT2D eigenvalue weighted by Gasteiger charge is 2.30.